The van der Waals surface area contributed by atoms with Crippen molar-refractivity contribution >= 4 is 8.60 Å². The first kappa shape index (κ1) is 9.37. The molecule has 0 aliphatic carbocycles. The SMILES string of the molecule is OP(O)O.[Mo]. The predicted octanol–water partition coefficient (Wildman–Crippen LogP) is -0.812. The minimum Gasteiger partial charge on any atom is -0.328 e. The van der Waals surface area contributed by atoms with E-state index in [-0.39, 0.29) is 21.1 Å². The quantitative estimate of drug-likeness (QED) is 0.335. The van der Waals surface area contributed by atoms with Gasteiger partial charge in [-0.15, -0.1) is 0 Å². The molecule has 32 valence electrons. The van der Waals surface area contributed by atoms with Crippen LogP contribution in [0.5, 0.6) is 0 Å². The molecule has 0 aliphatic heterocycles. The maximum Gasteiger partial charge on any atom is 0.324 e. The first-order valence-corrected chi connectivity index (χ1v) is 1.80. The minimum atomic E-state index is -2.62. The monoisotopic (exact) mass is 180 g/mol. The van der Waals surface area contributed by atoms with E-state index in [1.807, 2.05) is 0 Å². The molecule has 5 heteroatoms. The zero-order chi connectivity index (χ0) is 3.58. The van der Waals surface area contributed by atoms with Gasteiger partial charge in [0.15, 0.2) is 0 Å². The van der Waals surface area contributed by atoms with Crippen LogP contribution in [0.4, 0.5) is 0 Å². The molecule has 0 aliphatic rings. The van der Waals surface area contributed by atoms with E-state index in [2.05, 4.69) is 0 Å². The Kier molecular flexibility index (Phi) is 9.37. The maximum absolute atomic E-state index is 7.23. The van der Waals surface area contributed by atoms with Crippen LogP contribution in [-0.2, 0) is 21.1 Å². The molecule has 0 rings (SSSR count). The number of hydrogen-bond donors (Lipinski definition) is 3. The van der Waals surface area contributed by atoms with E-state index in [1.54, 1.807) is 0 Å². The summed E-state index contributed by atoms with van der Waals surface area (Å²) in [6.45, 7) is 0. The van der Waals surface area contributed by atoms with Crippen LogP contribution in [0.15, 0.2) is 0 Å². The molecule has 0 radical (unpaired) electrons. The molecule has 0 heterocycles. The molecule has 5 heavy (non-hydrogen) atoms. The zero-order valence-electron chi connectivity index (χ0n) is 2.20. The smallest absolute Gasteiger partial charge is 0.324 e. The molecule has 0 atom stereocenters. The van der Waals surface area contributed by atoms with Crippen LogP contribution in [-0.4, -0.2) is 14.7 Å². The van der Waals surface area contributed by atoms with Crippen LogP contribution >= 0.6 is 8.60 Å². The Bertz CT molecular complexity index is 11.6. The molecule has 0 aromatic carbocycles. The van der Waals surface area contributed by atoms with Crippen LogP contribution in [0.1, 0.15) is 0 Å². The van der Waals surface area contributed by atoms with Gasteiger partial charge in [0, 0.05) is 21.1 Å². The van der Waals surface area contributed by atoms with Gasteiger partial charge in [0.2, 0.25) is 0 Å². The van der Waals surface area contributed by atoms with E-state index >= 15 is 0 Å². The van der Waals surface area contributed by atoms with Gasteiger partial charge in [0.25, 0.3) is 0 Å². The fraction of sp³-hybridized carbons (Fsp3) is 0. The summed E-state index contributed by atoms with van der Waals surface area (Å²) in [6, 6.07) is 0. The Labute approximate surface area is 44.9 Å². The Morgan fingerprint density at radius 3 is 1.00 bits per heavy atom. The average molecular weight is 178 g/mol. The summed E-state index contributed by atoms with van der Waals surface area (Å²) in [5, 5.41) is 0. The molecule has 3 nitrogen and oxygen atoms in total. The van der Waals surface area contributed by atoms with Gasteiger partial charge in [0.05, 0.1) is 0 Å². The van der Waals surface area contributed by atoms with E-state index in [9.17, 15) is 0 Å². The van der Waals surface area contributed by atoms with Gasteiger partial charge in [-0.1, -0.05) is 0 Å². The van der Waals surface area contributed by atoms with E-state index in [1.165, 1.54) is 0 Å². The van der Waals surface area contributed by atoms with E-state index in [0.29, 0.717) is 0 Å². The van der Waals surface area contributed by atoms with Crippen LogP contribution in [0.25, 0.3) is 0 Å². The Balaban J connectivity index is 0. The summed E-state index contributed by atoms with van der Waals surface area (Å²) >= 11 is 0. The van der Waals surface area contributed by atoms with Gasteiger partial charge >= 0.3 is 8.60 Å². The largest absolute Gasteiger partial charge is 0.328 e. The molecule has 0 bridgehead atoms. The standard InChI is InChI=1S/Mo.H3O3P/c;1-4(2)3/h;1-3H. The minimum absolute atomic E-state index is 0. The Hall–Kier alpha value is 0.998. The van der Waals surface area contributed by atoms with Gasteiger partial charge in [-0.25, -0.2) is 0 Å². The molecule has 0 saturated carbocycles. The molecule has 3 N–H and O–H groups in total. The van der Waals surface area contributed by atoms with Crippen molar-refractivity contribution in [3.8, 4) is 0 Å². The average Bonchev–Trinajstić information content (AvgIpc) is 0.811. The zero-order valence-corrected chi connectivity index (χ0v) is 5.10. The van der Waals surface area contributed by atoms with Gasteiger partial charge in [-0.3, -0.25) is 0 Å². The van der Waals surface area contributed by atoms with Gasteiger partial charge in [-0.2, -0.15) is 0 Å². The van der Waals surface area contributed by atoms with Crippen molar-refractivity contribution in [1.29, 1.82) is 0 Å². The van der Waals surface area contributed by atoms with Crippen LogP contribution < -0.4 is 0 Å². The van der Waals surface area contributed by atoms with Crippen molar-refractivity contribution in [2.45, 2.75) is 0 Å². The van der Waals surface area contributed by atoms with Crippen molar-refractivity contribution in [1.82, 2.24) is 0 Å². The van der Waals surface area contributed by atoms with Crippen LogP contribution in [0.2, 0.25) is 0 Å². The van der Waals surface area contributed by atoms with Gasteiger partial charge < -0.3 is 14.7 Å². The molecule has 0 spiro atoms. The third-order valence-electron chi connectivity index (χ3n) is 0. The fourth-order valence-corrected chi connectivity index (χ4v) is 0. The van der Waals surface area contributed by atoms with Crippen molar-refractivity contribution in [2.75, 3.05) is 0 Å². The summed E-state index contributed by atoms with van der Waals surface area (Å²) in [7, 11) is -2.62. The van der Waals surface area contributed by atoms with Crippen molar-refractivity contribution in [3.63, 3.8) is 0 Å². The van der Waals surface area contributed by atoms with E-state index in [0.717, 1.165) is 0 Å². The molecule has 0 amide bonds. The molecule has 0 unspecified atom stereocenters. The summed E-state index contributed by atoms with van der Waals surface area (Å²) in [5.74, 6) is 0. The molecular weight excluding hydrogens is 175 g/mol. The van der Waals surface area contributed by atoms with Crippen molar-refractivity contribution < 1.29 is 35.7 Å². The molecular formula is H3MoO3P. The van der Waals surface area contributed by atoms with Crippen LogP contribution in [0, 0.1) is 0 Å². The second-order valence-electron chi connectivity index (χ2n) is 0.268. The first-order valence-electron chi connectivity index (χ1n) is 0.600. The summed E-state index contributed by atoms with van der Waals surface area (Å²) in [5.41, 5.74) is 0. The summed E-state index contributed by atoms with van der Waals surface area (Å²) in [4.78, 5) is 21.7. The fourth-order valence-electron chi connectivity index (χ4n) is 0. The molecule has 0 aromatic rings. The topological polar surface area (TPSA) is 60.7 Å². The van der Waals surface area contributed by atoms with Gasteiger partial charge in [-0.05, 0) is 0 Å². The normalized spacial score (nSPS) is 7.20. The van der Waals surface area contributed by atoms with Crippen molar-refractivity contribution in [2.24, 2.45) is 0 Å². The Morgan fingerprint density at radius 2 is 1.00 bits per heavy atom. The Morgan fingerprint density at radius 1 is 1.00 bits per heavy atom. The second kappa shape index (κ2) is 5.00. The van der Waals surface area contributed by atoms with Crippen molar-refractivity contribution in [3.05, 3.63) is 0 Å². The predicted molar refractivity (Wildman–Crippen MR) is 13.6 cm³/mol. The first-order chi connectivity index (χ1) is 1.73. The number of rotatable bonds is 0. The molecule has 0 saturated heterocycles. The third-order valence-corrected chi connectivity index (χ3v) is 0. The second-order valence-corrected chi connectivity index (χ2v) is 0.805. The summed E-state index contributed by atoms with van der Waals surface area (Å²) in [6.07, 6.45) is 0. The maximum atomic E-state index is 7.23. The van der Waals surface area contributed by atoms with E-state index < -0.39 is 8.60 Å². The number of hydrogen-bond acceptors (Lipinski definition) is 3. The van der Waals surface area contributed by atoms with E-state index in [4.69, 9.17) is 14.7 Å². The molecule has 0 aromatic heterocycles. The molecule has 0 fully saturated rings. The summed E-state index contributed by atoms with van der Waals surface area (Å²) < 4.78 is 0. The van der Waals surface area contributed by atoms with Gasteiger partial charge in [0.1, 0.15) is 0 Å². The third kappa shape index (κ3) is 45.1. The van der Waals surface area contributed by atoms with Crippen LogP contribution in [0.3, 0.4) is 0 Å².